The van der Waals surface area contributed by atoms with Crippen LogP contribution in [0.15, 0.2) is 24.3 Å². The number of ether oxygens (including phenoxy) is 2. The van der Waals surface area contributed by atoms with Crippen LogP contribution in [0.25, 0.3) is 0 Å². The van der Waals surface area contributed by atoms with E-state index in [9.17, 15) is 4.79 Å². The Bertz CT molecular complexity index is 372. The first kappa shape index (κ1) is 11.0. The first-order valence-corrected chi connectivity index (χ1v) is 5.40. The molecule has 0 spiro atoms. The van der Waals surface area contributed by atoms with E-state index in [1.165, 1.54) is 0 Å². The number of hydrogen-bond acceptors (Lipinski definition) is 4. The maximum atomic E-state index is 11.8. The highest BCUT2D eigenvalue weighted by molar-refractivity contribution is 5.95. The maximum Gasteiger partial charge on any atom is 0.340 e. The van der Waals surface area contributed by atoms with Crippen molar-refractivity contribution >= 4 is 11.7 Å². The fraction of sp³-hybridized carbons (Fsp3) is 0.417. The van der Waals surface area contributed by atoms with E-state index in [4.69, 9.17) is 15.2 Å². The van der Waals surface area contributed by atoms with Gasteiger partial charge in [-0.25, -0.2) is 4.79 Å². The molecule has 0 radical (unpaired) electrons. The lowest BCUT2D eigenvalue weighted by atomic mass is 10.1. The monoisotopic (exact) mass is 221 g/mol. The topological polar surface area (TPSA) is 61.6 Å². The minimum Gasteiger partial charge on any atom is -0.459 e. The summed E-state index contributed by atoms with van der Waals surface area (Å²) in [7, 11) is 0. The summed E-state index contributed by atoms with van der Waals surface area (Å²) < 4.78 is 10.6. The molecule has 2 N–H and O–H groups in total. The Balaban J connectivity index is 2.00. The molecule has 4 nitrogen and oxygen atoms in total. The number of esters is 1. The molecule has 0 unspecified atom stereocenters. The number of benzene rings is 1. The van der Waals surface area contributed by atoms with E-state index in [0.717, 1.165) is 12.8 Å². The predicted octanol–water partition coefficient (Wildman–Crippen LogP) is 1.60. The average molecular weight is 221 g/mol. The molecule has 0 amide bonds. The lowest BCUT2D eigenvalue weighted by Gasteiger charge is -2.22. The molecular formula is C12H15NO3. The molecule has 1 aromatic rings. The number of rotatable bonds is 2. The SMILES string of the molecule is Nc1ccccc1C(=O)OC1CCOCC1. The van der Waals surface area contributed by atoms with Crippen molar-refractivity contribution in [2.45, 2.75) is 18.9 Å². The molecule has 0 bridgehead atoms. The van der Waals surface area contributed by atoms with Crippen molar-refractivity contribution in [3.8, 4) is 0 Å². The summed E-state index contributed by atoms with van der Waals surface area (Å²) in [5.41, 5.74) is 6.60. The minimum atomic E-state index is -0.343. The number of hydrogen-bond donors (Lipinski definition) is 1. The van der Waals surface area contributed by atoms with Crippen LogP contribution in [-0.4, -0.2) is 25.3 Å². The van der Waals surface area contributed by atoms with Crippen LogP contribution in [0.4, 0.5) is 5.69 Å². The zero-order valence-electron chi connectivity index (χ0n) is 9.02. The second kappa shape index (κ2) is 4.99. The molecular weight excluding hydrogens is 206 g/mol. The number of anilines is 1. The maximum absolute atomic E-state index is 11.8. The molecule has 86 valence electrons. The Kier molecular flexibility index (Phi) is 3.41. The predicted molar refractivity (Wildman–Crippen MR) is 60.1 cm³/mol. The van der Waals surface area contributed by atoms with Gasteiger partial charge in [0, 0.05) is 18.5 Å². The third kappa shape index (κ3) is 2.52. The Morgan fingerprint density at radius 3 is 2.69 bits per heavy atom. The summed E-state index contributed by atoms with van der Waals surface area (Å²) in [4.78, 5) is 11.8. The van der Waals surface area contributed by atoms with Gasteiger partial charge in [0.05, 0.1) is 18.8 Å². The summed E-state index contributed by atoms with van der Waals surface area (Å²) in [6.07, 6.45) is 1.48. The molecule has 4 heteroatoms. The lowest BCUT2D eigenvalue weighted by Crippen LogP contribution is -2.26. The molecule has 1 heterocycles. The average Bonchev–Trinajstić information content (AvgIpc) is 2.31. The van der Waals surface area contributed by atoms with E-state index in [1.807, 2.05) is 0 Å². The fourth-order valence-electron chi connectivity index (χ4n) is 1.69. The largest absolute Gasteiger partial charge is 0.459 e. The molecule has 0 saturated carbocycles. The van der Waals surface area contributed by atoms with Crippen molar-refractivity contribution in [3.05, 3.63) is 29.8 Å². The van der Waals surface area contributed by atoms with Gasteiger partial charge in [-0.05, 0) is 12.1 Å². The standard InChI is InChI=1S/C12H15NO3/c13-11-4-2-1-3-10(11)12(14)16-9-5-7-15-8-6-9/h1-4,9H,5-8,13H2. The van der Waals surface area contributed by atoms with Crippen molar-refractivity contribution in [1.29, 1.82) is 0 Å². The molecule has 0 aliphatic carbocycles. The molecule has 1 aliphatic heterocycles. The van der Waals surface area contributed by atoms with Gasteiger partial charge in [0.15, 0.2) is 0 Å². The first-order valence-electron chi connectivity index (χ1n) is 5.40. The van der Waals surface area contributed by atoms with E-state index in [1.54, 1.807) is 24.3 Å². The summed E-state index contributed by atoms with van der Waals surface area (Å²) in [6.45, 7) is 1.31. The van der Waals surface area contributed by atoms with Crippen molar-refractivity contribution in [1.82, 2.24) is 0 Å². The van der Waals surface area contributed by atoms with Gasteiger partial charge in [0.25, 0.3) is 0 Å². The minimum absolute atomic E-state index is 0.0409. The van der Waals surface area contributed by atoms with E-state index in [2.05, 4.69) is 0 Å². The van der Waals surface area contributed by atoms with Crippen LogP contribution < -0.4 is 5.73 Å². The molecule has 1 aromatic carbocycles. The first-order chi connectivity index (χ1) is 7.77. The molecule has 0 aromatic heterocycles. The van der Waals surface area contributed by atoms with Gasteiger partial charge in [-0.15, -0.1) is 0 Å². The van der Waals surface area contributed by atoms with Gasteiger partial charge in [-0.3, -0.25) is 0 Å². The highest BCUT2D eigenvalue weighted by Gasteiger charge is 2.19. The van der Waals surface area contributed by atoms with Crippen LogP contribution in [-0.2, 0) is 9.47 Å². The Morgan fingerprint density at radius 1 is 1.31 bits per heavy atom. The normalized spacial score (nSPS) is 17.0. The third-order valence-electron chi connectivity index (χ3n) is 2.62. The van der Waals surface area contributed by atoms with Crippen molar-refractivity contribution < 1.29 is 14.3 Å². The van der Waals surface area contributed by atoms with Gasteiger partial charge in [-0.2, -0.15) is 0 Å². The van der Waals surface area contributed by atoms with Crippen LogP contribution >= 0.6 is 0 Å². The van der Waals surface area contributed by atoms with E-state index in [-0.39, 0.29) is 12.1 Å². The number of nitrogen functional groups attached to an aromatic ring is 1. The Labute approximate surface area is 94.3 Å². The molecule has 2 rings (SSSR count). The second-order valence-corrected chi connectivity index (χ2v) is 3.80. The van der Waals surface area contributed by atoms with Gasteiger partial charge in [0.2, 0.25) is 0 Å². The van der Waals surface area contributed by atoms with Gasteiger partial charge in [-0.1, -0.05) is 12.1 Å². The zero-order valence-corrected chi connectivity index (χ0v) is 9.02. The van der Waals surface area contributed by atoms with E-state index < -0.39 is 0 Å². The van der Waals surface area contributed by atoms with Gasteiger partial charge in [0.1, 0.15) is 6.10 Å². The summed E-state index contributed by atoms with van der Waals surface area (Å²) in [6, 6.07) is 6.94. The zero-order chi connectivity index (χ0) is 11.4. The molecule has 16 heavy (non-hydrogen) atoms. The number of carbonyl (C=O) groups is 1. The van der Waals surface area contributed by atoms with Crippen molar-refractivity contribution in [2.24, 2.45) is 0 Å². The van der Waals surface area contributed by atoms with Crippen LogP contribution in [0, 0.1) is 0 Å². The van der Waals surface area contributed by atoms with Gasteiger partial charge < -0.3 is 15.2 Å². The van der Waals surface area contributed by atoms with Gasteiger partial charge >= 0.3 is 5.97 Å². The van der Waals surface area contributed by atoms with Crippen molar-refractivity contribution in [3.63, 3.8) is 0 Å². The summed E-state index contributed by atoms with van der Waals surface area (Å²) >= 11 is 0. The smallest absolute Gasteiger partial charge is 0.340 e. The molecule has 0 atom stereocenters. The molecule has 1 saturated heterocycles. The van der Waals surface area contributed by atoms with Crippen LogP contribution in [0.2, 0.25) is 0 Å². The van der Waals surface area contributed by atoms with E-state index in [0.29, 0.717) is 24.5 Å². The highest BCUT2D eigenvalue weighted by atomic mass is 16.6. The highest BCUT2D eigenvalue weighted by Crippen LogP contribution is 2.16. The number of para-hydroxylation sites is 1. The summed E-state index contributed by atoms with van der Waals surface area (Å²) in [5, 5.41) is 0. The second-order valence-electron chi connectivity index (χ2n) is 3.80. The Morgan fingerprint density at radius 2 is 2.00 bits per heavy atom. The Hall–Kier alpha value is -1.55. The van der Waals surface area contributed by atoms with E-state index >= 15 is 0 Å². The van der Waals surface area contributed by atoms with Crippen LogP contribution in [0.1, 0.15) is 23.2 Å². The lowest BCUT2D eigenvalue weighted by molar-refractivity contribution is -0.0158. The quantitative estimate of drug-likeness (QED) is 0.608. The number of nitrogens with two attached hydrogens (primary N) is 1. The van der Waals surface area contributed by atoms with Crippen molar-refractivity contribution in [2.75, 3.05) is 18.9 Å². The van der Waals surface area contributed by atoms with Crippen LogP contribution in [0.5, 0.6) is 0 Å². The molecule has 1 fully saturated rings. The number of carbonyl (C=O) groups excluding carboxylic acids is 1. The molecule has 1 aliphatic rings. The van der Waals surface area contributed by atoms with Crippen LogP contribution in [0.3, 0.4) is 0 Å². The summed E-state index contributed by atoms with van der Waals surface area (Å²) in [5.74, 6) is -0.343. The fourth-order valence-corrected chi connectivity index (χ4v) is 1.69. The third-order valence-corrected chi connectivity index (χ3v) is 2.62.